The van der Waals surface area contributed by atoms with E-state index >= 15 is 0 Å². The minimum atomic E-state index is -0.928. The van der Waals surface area contributed by atoms with Crippen LogP contribution in [0.2, 0.25) is 0 Å². The minimum absolute atomic E-state index is 0.0209. The number of amides is 1. The van der Waals surface area contributed by atoms with Crippen LogP contribution in [0.1, 0.15) is 24.2 Å². The van der Waals surface area contributed by atoms with Crippen LogP contribution in [-0.2, 0) is 10.8 Å². The molecule has 0 saturated carbocycles. The Hall–Kier alpha value is -1.88. The Balaban J connectivity index is 1.96. The second-order valence-corrected chi connectivity index (χ2v) is 8.42. The Labute approximate surface area is 132 Å². The second kappa shape index (κ2) is 5.39. The summed E-state index contributed by atoms with van der Waals surface area (Å²) in [7, 11) is -0.928. The van der Waals surface area contributed by atoms with Gasteiger partial charge in [0.1, 0.15) is 5.75 Å². The number of nitrogens with zero attached hydrogens (tertiary/aromatic N) is 1. The van der Waals surface area contributed by atoms with Crippen molar-refractivity contribution in [2.24, 2.45) is 0 Å². The van der Waals surface area contributed by atoms with E-state index in [2.05, 4.69) is 0 Å². The highest BCUT2D eigenvalue weighted by molar-refractivity contribution is 7.86. The van der Waals surface area contributed by atoms with Gasteiger partial charge in [0.15, 0.2) is 0 Å². The summed E-state index contributed by atoms with van der Waals surface area (Å²) in [6, 6.07) is 10.9. The first kappa shape index (κ1) is 15.0. The van der Waals surface area contributed by atoms with Crippen molar-refractivity contribution >= 4 is 27.5 Å². The van der Waals surface area contributed by atoms with Gasteiger partial charge in [-0.25, -0.2) is 0 Å². The molecule has 0 aliphatic carbocycles. The molecule has 1 unspecified atom stereocenters. The van der Waals surface area contributed by atoms with E-state index in [9.17, 15) is 14.1 Å². The van der Waals surface area contributed by atoms with Crippen molar-refractivity contribution in [3.05, 3.63) is 42.0 Å². The molecule has 1 fully saturated rings. The molecule has 2 aromatic rings. The van der Waals surface area contributed by atoms with Crippen molar-refractivity contribution in [3.8, 4) is 5.75 Å². The fraction of sp³-hybridized carbons (Fsp3) is 0.353. The molecule has 0 aromatic heterocycles. The largest absolute Gasteiger partial charge is 0.506 e. The summed E-state index contributed by atoms with van der Waals surface area (Å²) in [5.74, 6) is 0.299. The third kappa shape index (κ3) is 2.50. The topological polar surface area (TPSA) is 57.6 Å². The number of carbonyl (C=O) groups is 1. The number of aromatic hydroxyl groups is 1. The van der Waals surface area contributed by atoms with Crippen molar-refractivity contribution in [1.29, 1.82) is 0 Å². The zero-order chi connectivity index (χ0) is 15.9. The average Bonchev–Trinajstić information content (AvgIpc) is 2.50. The number of fused-ring (bicyclic) bond motifs is 1. The summed E-state index contributed by atoms with van der Waals surface area (Å²) in [4.78, 5) is 14.4. The third-order valence-corrected chi connectivity index (χ3v) is 6.07. The smallest absolute Gasteiger partial charge is 0.257 e. The summed E-state index contributed by atoms with van der Waals surface area (Å²) in [5, 5.41) is 12.0. The quantitative estimate of drug-likeness (QED) is 0.879. The van der Waals surface area contributed by atoms with Crippen LogP contribution in [0.4, 0.5) is 0 Å². The first-order valence-electron chi connectivity index (χ1n) is 7.28. The highest BCUT2D eigenvalue weighted by Gasteiger charge is 2.36. The van der Waals surface area contributed by atoms with Crippen molar-refractivity contribution in [2.45, 2.75) is 18.6 Å². The molecule has 2 aromatic carbocycles. The molecular formula is C17H19NO3S. The fourth-order valence-electron chi connectivity index (χ4n) is 2.85. The number of hydrogen-bond acceptors (Lipinski definition) is 3. The molecule has 1 N–H and O–H groups in total. The molecule has 22 heavy (non-hydrogen) atoms. The molecule has 5 heteroatoms. The number of benzene rings is 2. The summed E-state index contributed by atoms with van der Waals surface area (Å²) in [5.41, 5.74) is 0.308. The Morgan fingerprint density at radius 3 is 2.68 bits per heavy atom. The molecule has 1 amide bonds. The highest BCUT2D eigenvalue weighted by atomic mass is 32.2. The van der Waals surface area contributed by atoms with Gasteiger partial charge in [-0.3, -0.25) is 9.00 Å². The van der Waals surface area contributed by atoms with E-state index in [0.717, 1.165) is 5.39 Å². The van der Waals surface area contributed by atoms with Crippen molar-refractivity contribution in [2.75, 3.05) is 18.8 Å². The minimum Gasteiger partial charge on any atom is -0.506 e. The molecule has 116 valence electrons. The van der Waals surface area contributed by atoms with Gasteiger partial charge >= 0.3 is 0 Å². The molecule has 4 nitrogen and oxygen atoms in total. The second-order valence-electron chi connectivity index (χ2n) is 6.22. The monoisotopic (exact) mass is 317 g/mol. The van der Waals surface area contributed by atoms with Crippen molar-refractivity contribution in [1.82, 2.24) is 4.90 Å². The average molecular weight is 317 g/mol. The first-order valence-corrected chi connectivity index (χ1v) is 8.60. The van der Waals surface area contributed by atoms with Crippen molar-refractivity contribution < 1.29 is 14.1 Å². The predicted octanol–water partition coefficient (Wildman–Crippen LogP) is 2.53. The number of carbonyl (C=O) groups excluding carboxylic acids is 1. The molecule has 1 saturated heterocycles. The van der Waals surface area contributed by atoms with E-state index in [1.54, 1.807) is 17.0 Å². The van der Waals surface area contributed by atoms with Crippen LogP contribution in [0, 0.1) is 0 Å². The van der Waals surface area contributed by atoms with Crippen LogP contribution in [0.15, 0.2) is 36.4 Å². The molecular weight excluding hydrogens is 298 g/mol. The molecule has 3 rings (SSSR count). The maximum Gasteiger partial charge on any atom is 0.257 e. The lowest BCUT2D eigenvalue weighted by molar-refractivity contribution is 0.0743. The summed E-state index contributed by atoms with van der Waals surface area (Å²) in [6.45, 7) is 4.71. The van der Waals surface area contributed by atoms with E-state index < -0.39 is 15.5 Å². The lowest BCUT2D eigenvalue weighted by Gasteiger charge is -2.37. The number of rotatable bonds is 1. The van der Waals surface area contributed by atoms with Gasteiger partial charge in [0.25, 0.3) is 5.91 Å². The number of phenols is 1. The zero-order valence-electron chi connectivity index (χ0n) is 12.7. The SMILES string of the molecule is CC1(C)CN(C(=O)c2ccc3ccccc3c2O)CCS1=O. The van der Waals surface area contributed by atoms with E-state index in [1.165, 1.54) is 0 Å². The zero-order valence-corrected chi connectivity index (χ0v) is 13.5. The lowest BCUT2D eigenvalue weighted by atomic mass is 10.0. The van der Waals surface area contributed by atoms with Gasteiger partial charge in [0, 0.05) is 35.0 Å². The van der Waals surface area contributed by atoms with Crippen molar-refractivity contribution in [3.63, 3.8) is 0 Å². The van der Waals surface area contributed by atoms with Gasteiger partial charge in [0.2, 0.25) is 0 Å². The number of hydrogen-bond donors (Lipinski definition) is 1. The van der Waals surface area contributed by atoms with Crippen LogP contribution in [0.25, 0.3) is 10.8 Å². The summed E-state index contributed by atoms with van der Waals surface area (Å²) < 4.78 is 11.6. The van der Waals surface area contributed by atoms with Gasteiger partial charge in [-0.1, -0.05) is 30.3 Å². The number of phenolic OH excluding ortho intramolecular Hbond substituents is 1. The lowest BCUT2D eigenvalue weighted by Crippen LogP contribution is -2.52. The molecule has 1 aliphatic rings. The van der Waals surface area contributed by atoms with Gasteiger partial charge < -0.3 is 10.0 Å². The fourth-order valence-corrected chi connectivity index (χ4v) is 4.09. The van der Waals surface area contributed by atoms with E-state index in [1.807, 2.05) is 38.1 Å². The molecule has 1 atom stereocenters. The van der Waals surface area contributed by atoms with Crippen LogP contribution in [0.3, 0.4) is 0 Å². The van der Waals surface area contributed by atoms with E-state index in [4.69, 9.17) is 0 Å². The summed E-state index contributed by atoms with van der Waals surface area (Å²) in [6.07, 6.45) is 0. The normalized spacial score (nSPS) is 21.0. The first-order chi connectivity index (χ1) is 10.4. The molecule has 1 heterocycles. The van der Waals surface area contributed by atoms with Gasteiger partial charge in [0.05, 0.1) is 10.3 Å². The maximum absolute atomic E-state index is 12.7. The van der Waals surface area contributed by atoms with E-state index in [-0.39, 0.29) is 11.7 Å². The predicted molar refractivity (Wildman–Crippen MR) is 88.6 cm³/mol. The van der Waals surface area contributed by atoms with Crippen LogP contribution in [0.5, 0.6) is 5.75 Å². The summed E-state index contributed by atoms with van der Waals surface area (Å²) >= 11 is 0. The Bertz CT molecular complexity index is 770. The standard InChI is InChI=1S/C17H19NO3S/c1-17(2)11-18(9-10-22(17)21)16(20)14-8-7-12-5-3-4-6-13(12)15(14)19/h3-8,19H,9-11H2,1-2H3. The molecule has 0 spiro atoms. The Morgan fingerprint density at radius 1 is 1.23 bits per heavy atom. The Morgan fingerprint density at radius 2 is 1.95 bits per heavy atom. The Kier molecular flexibility index (Phi) is 3.68. The molecule has 0 radical (unpaired) electrons. The van der Waals surface area contributed by atoms with Gasteiger partial charge in [-0.15, -0.1) is 0 Å². The third-order valence-electron chi connectivity index (χ3n) is 4.15. The highest BCUT2D eigenvalue weighted by Crippen LogP contribution is 2.30. The van der Waals surface area contributed by atoms with Crippen LogP contribution < -0.4 is 0 Å². The molecule has 1 aliphatic heterocycles. The van der Waals surface area contributed by atoms with Crippen LogP contribution >= 0.6 is 0 Å². The van der Waals surface area contributed by atoms with Crippen LogP contribution in [-0.4, -0.2) is 43.7 Å². The van der Waals surface area contributed by atoms with Gasteiger partial charge in [-0.05, 0) is 25.3 Å². The maximum atomic E-state index is 12.7. The van der Waals surface area contributed by atoms with Gasteiger partial charge in [-0.2, -0.15) is 0 Å². The van der Waals surface area contributed by atoms with E-state index in [0.29, 0.717) is 29.8 Å². The molecule has 0 bridgehead atoms.